The van der Waals surface area contributed by atoms with Gasteiger partial charge in [-0.2, -0.15) is 0 Å². The molecule has 0 saturated heterocycles. The Bertz CT molecular complexity index is 2550. The first-order chi connectivity index (χ1) is 29.1. The molecule has 0 atom stereocenters. The average Bonchev–Trinajstić information content (AvgIpc) is 3.95. The Labute approximate surface area is 369 Å². The molecular weight excluding hydrogens is 920 g/mol. The highest BCUT2D eigenvalue weighted by Crippen LogP contribution is 2.45. The van der Waals surface area contributed by atoms with Crippen molar-refractivity contribution in [2.45, 2.75) is 85.0 Å². The van der Waals surface area contributed by atoms with Crippen LogP contribution in [0.25, 0.3) is 44.4 Å². The average molecular weight is 969 g/mol. The molecule has 2 N–H and O–H groups in total. The fourth-order valence-electron chi connectivity index (χ4n) is 7.56. The number of carbonyl (C=O) groups is 6. The molecule has 0 fully saturated rings. The van der Waals surface area contributed by atoms with E-state index in [-0.39, 0.29) is 70.0 Å². The smallest absolute Gasteiger partial charge is 0.310 e. The number of aromatic amines is 2. The van der Waals surface area contributed by atoms with Gasteiger partial charge in [-0.05, 0) is 135 Å². The summed E-state index contributed by atoms with van der Waals surface area (Å²) in [6, 6.07) is 3.69. The summed E-state index contributed by atoms with van der Waals surface area (Å²) < 4.78 is 26.1. The summed E-state index contributed by atoms with van der Waals surface area (Å²) in [7, 11) is 6.55. The third-order valence-corrected chi connectivity index (χ3v) is 12.3. The molecule has 0 aliphatic carbocycles. The van der Waals surface area contributed by atoms with Gasteiger partial charge >= 0.3 is 29.8 Å². The fourth-order valence-corrected chi connectivity index (χ4v) is 8.94. The number of hydrogen-bond acceptors (Lipinski definition) is 13. The molecule has 61 heavy (non-hydrogen) atoms. The monoisotopic (exact) mass is 966 g/mol. The second kappa shape index (κ2) is 20.4. The lowest BCUT2D eigenvalue weighted by Crippen LogP contribution is -2.05. The number of allylic oxidation sites excluding steroid dienone is 3. The Balaban J connectivity index is 2.05. The van der Waals surface area contributed by atoms with E-state index >= 15 is 0 Å². The summed E-state index contributed by atoms with van der Waals surface area (Å²) in [5, 5.41) is 0. The molecule has 0 saturated carbocycles. The Morgan fingerprint density at radius 1 is 0.541 bits per heavy atom. The first-order valence-electron chi connectivity index (χ1n) is 19.5. The number of hydrogen-bond donors (Lipinski definition) is 2. The van der Waals surface area contributed by atoms with E-state index in [1.165, 1.54) is 42.5 Å². The maximum atomic E-state index is 13.1. The first-order valence-corrected chi connectivity index (χ1v) is 21.0. The Morgan fingerprint density at radius 3 is 1.61 bits per heavy atom. The zero-order chi connectivity index (χ0) is 44.7. The van der Waals surface area contributed by atoms with Crippen LogP contribution in [0.2, 0.25) is 0 Å². The minimum atomic E-state index is -0.533. The lowest BCUT2D eigenvalue weighted by Gasteiger charge is -2.09. The molecule has 17 heteroatoms. The van der Waals surface area contributed by atoms with Gasteiger partial charge in [-0.15, -0.1) is 0 Å². The largest absolute Gasteiger partial charge is 0.469 e. The molecule has 0 aromatic carbocycles. The van der Waals surface area contributed by atoms with Gasteiger partial charge in [-0.25, -0.2) is 9.97 Å². The zero-order valence-corrected chi connectivity index (χ0v) is 38.5. The standard InChI is InChI=1S/C44H48Br2N4O11/c1-21(51)17-29-26(11-15-36(54)59-6)32-19-30-22(2)24(9-13-34(52)57-4)31(47-30)20-33-28(18-38(56)61-8)27(12-16-37(55)60-7)43(49-33)39(45)41-23(3)25(10-14-35(53)58-5)42(50-41)40(46)44(29)48-32/h19-20,47-48H,9-18H2,1-8H3. The van der Waals surface area contributed by atoms with Crippen molar-refractivity contribution < 1.29 is 52.5 Å². The number of esters is 5. The van der Waals surface area contributed by atoms with Gasteiger partial charge in [-0.1, -0.05) is 0 Å². The number of methoxy groups -OCH3 is 5. The van der Waals surface area contributed by atoms with Crippen LogP contribution in [0.5, 0.6) is 0 Å². The summed E-state index contributed by atoms with van der Waals surface area (Å²) >= 11 is 7.69. The number of aromatic nitrogens is 4. The normalized spacial score (nSPS) is 12.4. The molecule has 0 amide bonds. The Morgan fingerprint density at radius 2 is 1.05 bits per heavy atom. The van der Waals surface area contributed by atoms with Crippen molar-refractivity contribution in [3.05, 3.63) is 66.1 Å². The zero-order valence-electron chi connectivity index (χ0n) is 35.4. The number of rotatable bonds is 16. The summed E-state index contributed by atoms with van der Waals surface area (Å²) in [6.07, 6.45) is 0.840. The molecule has 324 valence electrons. The number of Topliss-reactive ketones (excluding diaryl/α,β-unsaturated/α-hetero) is 1. The van der Waals surface area contributed by atoms with Crippen molar-refractivity contribution in [3.8, 4) is 0 Å². The number of ether oxygens (including phenoxy) is 5. The van der Waals surface area contributed by atoms with Crippen LogP contribution in [0.15, 0.2) is 21.1 Å². The minimum absolute atomic E-state index is 0.0186. The van der Waals surface area contributed by atoms with Crippen LogP contribution >= 0.6 is 31.9 Å². The summed E-state index contributed by atoms with van der Waals surface area (Å²) in [5.74, 6) is -2.38. The lowest BCUT2D eigenvalue weighted by molar-refractivity contribution is -0.141. The van der Waals surface area contributed by atoms with Crippen LogP contribution in [0, 0.1) is 6.92 Å². The van der Waals surface area contributed by atoms with Gasteiger partial charge in [-0.3, -0.25) is 28.8 Å². The Hall–Kier alpha value is -5.42. The summed E-state index contributed by atoms with van der Waals surface area (Å²) in [4.78, 5) is 93.7. The molecule has 15 nitrogen and oxygen atoms in total. The van der Waals surface area contributed by atoms with E-state index in [1.54, 1.807) is 6.07 Å². The molecule has 2 aliphatic heterocycles. The van der Waals surface area contributed by atoms with Gasteiger partial charge in [0.2, 0.25) is 0 Å². The van der Waals surface area contributed by atoms with E-state index < -0.39 is 29.8 Å². The van der Waals surface area contributed by atoms with Gasteiger partial charge < -0.3 is 33.7 Å². The maximum Gasteiger partial charge on any atom is 0.310 e. The van der Waals surface area contributed by atoms with Crippen LogP contribution < -0.4 is 0 Å². The highest BCUT2D eigenvalue weighted by atomic mass is 79.9. The molecule has 0 unspecified atom stereocenters. The van der Waals surface area contributed by atoms with Crippen molar-refractivity contribution in [2.75, 3.05) is 35.5 Å². The van der Waals surface area contributed by atoms with Crippen LogP contribution in [-0.4, -0.2) is 91.1 Å². The number of H-pyrrole nitrogens is 2. The van der Waals surface area contributed by atoms with E-state index in [9.17, 15) is 28.8 Å². The number of halogens is 2. The number of aryl methyl sites for hydroxylation is 3. The second-order valence-corrected chi connectivity index (χ2v) is 16.1. The molecule has 8 bridgehead atoms. The lowest BCUT2D eigenvalue weighted by atomic mass is 9.96. The van der Waals surface area contributed by atoms with Crippen molar-refractivity contribution in [1.82, 2.24) is 19.9 Å². The molecule has 2 aliphatic rings. The van der Waals surface area contributed by atoms with Gasteiger partial charge in [0, 0.05) is 48.7 Å². The minimum Gasteiger partial charge on any atom is -0.469 e. The first kappa shape index (κ1) is 46.6. The quantitative estimate of drug-likeness (QED) is 0.104. The summed E-state index contributed by atoms with van der Waals surface area (Å²) in [6.45, 7) is 5.27. The van der Waals surface area contributed by atoms with Crippen LogP contribution in [0.3, 0.4) is 0 Å². The van der Waals surface area contributed by atoms with Crippen molar-refractivity contribution in [3.63, 3.8) is 0 Å². The summed E-state index contributed by atoms with van der Waals surface area (Å²) in [5.41, 5.74) is 9.61. The molecule has 5 rings (SSSR count). The Kier molecular flexibility index (Phi) is 15.6. The van der Waals surface area contributed by atoms with Gasteiger partial charge in [0.25, 0.3) is 0 Å². The predicted octanol–water partition coefficient (Wildman–Crippen LogP) is 7.80. The van der Waals surface area contributed by atoms with Gasteiger partial charge in [0.05, 0.1) is 79.2 Å². The molecular formula is C44H48Br2N4O11. The van der Waals surface area contributed by atoms with Gasteiger partial charge in [0.15, 0.2) is 0 Å². The topological polar surface area (TPSA) is 206 Å². The van der Waals surface area contributed by atoms with E-state index in [4.69, 9.17) is 33.7 Å². The molecule has 0 spiro atoms. The predicted molar refractivity (Wildman–Crippen MR) is 235 cm³/mol. The van der Waals surface area contributed by atoms with Crippen molar-refractivity contribution in [1.29, 1.82) is 0 Å². The highest BCUT2D eigenvalue weighted by molar-refractivity contribution is 9.11. The SMILES string of the molecule is COC(=O)CCC1=C(CC(=O)OC)c2cc3[nH]c(cc4[nH]c(c(Br)c5nc(c(Br)c1n2)C(C)=C5CCC(=O)OC)c(CC(C)=O)c4CCC(=O)OC)c(C)c3CCC(=O)OC. The van der Waals surface area contributed by atoms with Crippen LogP contribution in [0.4, 0.5) is 0 Å². The molecule has 3 aromatic heterocycles. The molecule has 0 radical (unpaired) electrons. The maximum absolute atomic E-state index is 13.1. The number of fused-ring (bicyclic) bond motifs is 8. The van der Waals surface area contributed by atoms with E-state index in [1.807, 2.05) is 19.9 Å². The van der Waals surface area contributed by atoms with Crippen molar-refractivity contribution >= 4 is 112 Å². The molecule has 3 aromatic rings. The number of ketones is 1. The van der Waals surface area contributed by atoms with Crippen LogP contribution in [-0.2, 0) is 71.7 Å². The fraction of sp³-hybridized carbons (Fsp3) is 0.409. The van der Waals surface area contributed by atoms with E-state index in [0.29, 0.717) is 87.2 Å². The highest BCUT2D eigenvalue weighted by Gasteiger charge is 2.30. The molecule has 5 heterocycles. The van der Waals surface area contributed by atoms with E-state index in [2.05, 4.69) is 41.8 Å². The van der Waals surface area contributed by atoms with Crippen LogP contribution in [0.1, 0.15) is 104 Å². The third kappa shape index (κ3) is 10.4. The van der Waals surface area contributed by atoms with Gasteiger partial charge in [0.1, 0.15) is 5.78 Å². The third-order valence-electron chi connectivity index (χ3n) is 10.8. The number of nitrogens with one attached hydrogen (secondary N) is 2. The number of nitrogens with zero attached hydrogens (tertiary/aromatic N) is 2. The number of carbonyl (C=O) groups excluding carboxylic acids is 6. The van der Waals surface area contributed by atoms with Crippen molar-refractivity contribution in [2.24, 2.45) is 0 Å². The van der Waals surface area contributed by atoms with E-state index in [0.717, 1.165) is 11.1 Å². The second-order valence-electron chi connectivity index (χ2n) is 14.5.